The van der Waals surface area contributed by atoms with Gasteiger partial charge in [-0.15, -0.1) is 0 Å². The van der Waals surface area contributed by atoms with Crippen molar-refractivity contribution in [2.45, 2.75) is 26.2 Å². The summed E-state index contributed by atoms with van der Waals surface area (Å²) in [5.41, 5.74) is 0. The van der Waals surface area contributed by atoms with Crippen molar-refractivity contribution in [2.75, 3.05) is 13.1 Å². The fourth-order valence-corrected chi connectivity index (χ4v) is 1.76. The Hall–Kier alpha value is -0.530. The molecule has 2 rings (SSSR count). The number of hydrogen-bond donors (Lipinski definition) is 0. The fraction of sp³-hybridized carbons (Fsp3) is 0.889. The Kier molecular flexibility index (Phi) is 1.63. The number of rotatable bonds is 2. The van der Waals surface area contributed by atoms with Gasteiger partial charge in [0.05, 0.1) is 0 Å². The van der Waals surface area contributed by atoms with Crippen molar-refractivity contribution < 1.29 is 4.79 Å². The Bertz CT molecular complexity index is 174. The molecule has 0 aromatic carbocycles. The van der Waals surface area contributed by atoms with Gasteiger partial charge >= 0.3 is 0 Å². The third-order valence-corrected chi connectivity index (χ3v) is 2.58. The lowest BCUT2D eigenvalue weighted by Gasteiger charge is -2.14. The molecule has 1 heterocycles. The van der Waals surface area contributed by atoms with Crippen LogP contribution in [0.4, 0.5) is 0 Å². The van der Waals surface area contributed by atoms with E-state index in [4.69, 9.17) is 0 Å². The van der Waals surface area contributed by atoms with Gasteiger partial charge in [0.2, 0.25) is 5.91 Å². The van der Waals surface area contributed by atoms with Crippen molar-refractivity contribution >= 4 is 5.91 Å². The van der Waals surface area contributed by atoms with Gasteiger partial charge in [-0.05, 0) is 24.7 Å². The Labute approximate surface area is 67.6 Å². The second-order valence-electron chi connectivity index (χ2n) is 4.05. The predicted molar refractivity (Wildman–Crippen MR) is 43.1 cm³/mol. The van der Waals surface area contributed by atoms with Crippen LogP contribution < -0.4 is 0 Å². The normalized spacial score (nSPS) is 31.5. The van der Waals surface area contributed by atoms with Crippen LogP contribution in [0.3, 0.4) is 0 Å². The molecule has 1 amide bonds. The number of nitrogens with zero attached hydrogens (tertiary/aromatic N) is 1. The molecule has 2 fully saturated rings. The quantitative estimate of drug-likeness (QED) is 0.585. The molecule has 2 heteroatoms. The van der Waals surface area contributed by atoms with Crippen LogP contribution in [-0.2, 0) is 4.79 Å². The maximum absolute atomic E-state index is 11.3. The maximum Gasteiger partial charge on any atom is 0.222 e. The van der Waals surface area contributed by atoms with E-state index in [-0.39, 0.29) is 0 Å². The lowest BCUT2D eigenvalue weighted by Crippen LogP contribution is -2.27. The van der Waals surface area contributed by atoms with Crippen LogP contribution in [0.5, 0.6) is 0 Å². The molecule has 1 saturated carbocycles. The molecule has 11 heavy (non-hydrogen) atoms. The average molecular weight is 153 g/mol. The minimum absolute atomic E-state index is 0.379. The molecule has 1 aliphatic carbocycles. The summed E-state index contributed by atoms with van der Waals surface area (Å²) >= 11 is 0. The minimum Gasteiger partial charge on any atom is -0.342 e. The van der Waals surface area contributed by atoms with Crippen LogP contribution in [0.2, 0.25) is 0 Å². The zero-order valence-corrected chi connectivity index (χ0v) is 7.05. The first-order valence-electron chi connectivity index (χ1n) is 4.53. The Morgan fingerprint density at radius 1 is 1.55 bits per heavy atom. The summed E-state index contributed by atoms with van der Waals surface area (Å²) in [7, 11) is 0. The van der Waals surface area contributed by atoms with E-state index in [1.807, 2.05) is 4.90 Å². The van der Waals surface area contributed by atoms with Crippen molar-refractivity contribution in [3.8, 4) is 0 Å². The number of carbonyl (C=O) groups excluding carboxylic acids is 1. The van der Waals surface area contributed by atoms with Crippen molar-refractivity contribution in [1.29, 1.82) is 0 Å². The van der Waals surface area contributed by atoms with Crippen LogP contribution in [-0.4, -0.2) is 23.9 Å². The van der Waals surface area contributed by atoms with Gasteiger partial charge in [0.1, 0.15) is 0 Å². The molecule has 1 saturated heterocycles. The largest absolute Gasteiger partial charge is 0.342 e. The highest BCUT2D eigenvalue weighted by Gasteiger charge is 2.31. The average Bonchev–Trinajstić information content (AvgIpc) is 2.64. The van der Waals surface area contributed by atoms with Crippen molar-refractivity contribution in [3.63, 3.8) is 0 Å². The molecule has 0 aromatic rings. The highest BCUT2D eigenvalue weighted by Crippen LogP contribution is 2.31. The van der Waals surface area contributed by atoms with Crippen LogP contribution in [0.25, 0.3) is 0 Å². The standard InChI is InChI=1S/C9H15NO/c1-7-4-9(11)10(5-7)6-8-2-3-8/h7-8H,2-6H2,1H3/t7-/m0/s1. The lowest BCUT2D eigenvalue weighted by atomic mass is 10.2. The molecule has 0 unspecified atom stereocenters. The highest BCUT2D eigenvalue weighted by molar-refractivity contribution is 5.78. The predicted octanol–water partition coefficient (Wildman–Crippen LogP) is 1.26. The summed E-state index contributed by atoms with van der Waals surface area (Å²) in [6.07, 6.45) is 3.48. The molecular formula is C9H15NO. The molecule has 0 spiro atoms. The molecule has 0 aromatic heterocycles. The Morgan fingerprint density at radius 2 is 2.27 bits per heavy atom. The molecular weight excluding hydrogens is 138 g/mol. The Morgan fingerprint density at radius 3 is 2.73 bits per heavy atom. The molecule has 2 aliphatic rings. The first kappa shape index (κ1) is 7.14. The van der Waals surface area contributed by atoms with Gasteiger partial charge < -0.3 is 4.90 Å². The summed E-state index contributed by atoms with van der Waals surface area (Å²) in [5, 5.41) is 0. The molecule has 1 atom stereocenters. The number of amides is 1. The second kappa shape index (κ2) is 2.50. The first-order chi connectivity index (χ1) is 5.25. The van der Waals surface area contributed by atoms with Crippen LogP contribution in [0.15, 0.2) is 0 Å². The first-order valence-corrected chi connectivity index (χ1v) is 4.53. The van der Waals surface area contributed by atoms with Gasteiger partial charge in [0, 0.05) is 19.5 Å². The van der Waals surface area contributed by atoms with E-state index in [1.165, 1.54) is 12.8 Å². The minimum atomic E-state index is 0.379. The van der Waals surface area contributed by atoms with Gasteiger partial charge in [0.15, 0.2) is 0 Å². The van der Waals surface area contributed by atoms with E-state index < -0.39 is 0 Å². The number of hydrogen-bond acceptors (Lipinski definition) is 1. The van der Waals surface area contributed by atoms with Crippen LogP contribution in [0.1, 0.15) is 26.2 Å². The number of carbonyl (C=O) groups is 1. The van der Waals surface area contributed by atoms with Crippen molar-refractivity contribution in [2.24, 2.45) is 11.8 Å². The molecule has 0 N–H and O–H groups in total. The van der Waals surface area contributed by atoms with Gasteiger partial charge in [-0.2, -0.15) is 0 Å². The SMILES string of the molecule is C[C@H]1CC(=O)N(CC2CC2)C1. The van der Waals surface area contributed by atoms with Gasteiger partial charge in [-0.25, -0.2) is 0 Å². The lowest BCUT2D eigenvalue weighted by molar-refractivity contribution is -0.127. The summed E-state index contributed by atoms with van der Waals surface area (Å²) in [6, 6.07) is 0. The van der Waals surface area contributed by atoms with Gasteiger partial charge in [0.25, 0.3) is 0 Å². The third-order valence-electron chi connectivity index (χ3n) is 2.58. The van der Waals surface area contributed by atoms with E-state index in [2.05, 4.69) is 6.92 Å². The summed E-state index contributed by atoms with van der Waals surface area (Å²) in [4.78, 5) is 13.3. The zero-order valence-electron chi connectivity index (χ0n) is 7.05. The van der Waals surface area contributed by atoms with Crippen LogP contribution in [0, 0.1) is 11.8 Å². The van der Waals surface area contributed by atoms with E-state index in [9.17, 15) is 4.79 Å². The van der Waals surface area contributed by atoms with Gasteiger partial charge in [-0.3, -0.25) is 4.79 Å². The van der Waals surface area contributed by atoms with E-state index in [0.29, 0.717) is 11.8 Å². The molecule has 1 aliphatic heterocycles. The van der Waals surface area contributed by atoms with Gasteiger partial charge in [-0.1, -0.05) is 6.92 Å². The maximum atomic E-state index is 11.3. The van der Waals surface area contributed by atoms with Crippen LogP contribution >= 0.6 is 0 Å². The molecule has 0 bridgehead atoms. The fourth-order valence-electron chi connectivity index (χ4n) is 1.76. The van der Waals surface area contributed by atoms with Crippen molar-refractivity contribution in [1.82, 2.24) is 4.90 Å². The molecule has 0 radical (unpaired) electrons. The molecule has 62 valence electrons. The van der Waals surface area contributed by atoms with Crippen molar-refractivity contribution in [3.05, 3.63) is 0 Å². The Balaban J connectivity index is 1.87. The second-order valence-corrected chi connectivity index (χ2v) is 4.05. The smallest absolute Gasteiger partial charge is 0.222 e. The summed E-state index contributed by atoms with van der Waals surface area (Å²) in [5.74, 6) is 1.83. The highest BCUT2D eigenvalue weighted by atomic mass is 16.2. The summed E-state index contributed by atoms with van der Waals surface area (Å²) in [6.45, 7) is 4.21. The topological polar surface area (TPSA) is 20.3 Å². The summed E-state index contributed by atoms with van der Waals surface area (Å²) < 4.78 is 0. The third kappa shape index (κ3) is 1.55. The number of likely N-dealkylation sites (tertiary alicyclic amines) is 1. The van der Waals surface area contributed by atoms with E-state index in [1.54, 1.807) is 0 Å². The zero-order chi connectivity index (χ0) is 7.84. The van der Waals surface area contributed by atoms with E-state index >= 15 is 0 Å². The molecule has 2 nitrogen and oxygen atoms in total. The monoisotopic (exact) mass is 153 g/mol. The van der Waals surface area contributed by atoms with E-state index in [0.717, 1.165) is 25.4 Å².